The van der Waals surface area contributed by atoms with Crippen molar-refractivity contribution in [3.8, 4) is 10.6 Å². The quantitative estimate of drug-likeness (QED) is 0.275. The monoisotopic (exact) mass is 537 g/mol. The number of hydrogen-bond donors (Lipinski definition) is 0. The molecule has 1 saturated heterocycles. The number of carbonyl (C=O) groups is 2. The molecule has 1 atom stereocenters. The molecule has 0 aliphatic carbocycles. The lowest BCUT2D eigenvalue weighted by Gasteiger charge is -2.40. The first kappa shape index (κ1) is 23.7. The van der Waals surface area contributed by atoms with Crippen molar-refractivity contribution in [1.82, 2.24) is 4.98 Å². The van der Waals surface area contributed by atoms with Gasteiger partial charge in [0, 0.05) is 22.4 Å². The molecule has 0 unspecified atom stereocenters. The van der Waals surface area contributed by atoms with Crippen LogP contribution in [0.15, 0.2) is 60.7 Å². The first-order chi connectivity index (χ1) is 18.1. The number of allylic oxidation sites excluding steroid dienone is 1. The first-order valence-electron chi connectivity index (χ1n) is 12.7. The number of aryl methyl sites for hydroxylation is 2. The van der Waals surface area contributed by atoms with Crippen LogP contribution >= 0.6 is 23.1 Å². The first-order valence-corrected chi connectivity index (χ1v) is 14.5. The van der Waals surface area contributed by atoms with Gasteiger partial charge in [-0.05, 0) is 93.8 Å². The molecule has 190 valence electrons. The summed E-state index contributed by atoms with van der Waals surface area (Å²) >= 11 is 3.10. The number of thioether (sulfide) groups is 1. The zero-order valence-electron chi connectivity index (χ0n) is 22.0. The summed E-state index contributed by atoms with van der Waals surface area (Å²) < 4.78 is 1.16. The predicted octanol–water partition coefficient (Wildman–Crippen LogP) is 7.06. The zero-order valence-corrected chi connectivity index (χ0v) is 23.6. The maximum atomic E-state index is 14.5. The molecule has 38 heavy (non-hydrogen) atoms. The molecule has 4 heterocycles. The van der Waals surface area contributed by atoms with Gasteiger partial charge in [-0.1, -0.05) is 18.2 Å². The summed E-state index contributed by atoms with van der Waals surface area (Å²) in [7, 11) is 0. The number of hydrogen-bond acceptors (Lipinski definition) is 5. The summed E-state index contributed by atoms with van der Waals surface area (Å²) in [6.45, 7) is 10.4. The summed E-state index contributed by atoms with van der Waals surface area (Å²) in [5.41, 5.74) is 8.61. The molecule has 0 saturated carbocycles. The van der Waals surface area contributed by atoms with Crippen molar-refractivity contribution in [3.63, 3.8) is 0 Å². The average Bonchev–Trinajstić information content (AvgIpc) is 3.51. The van der Waals surface area contributed by atoms with Crippen LogP contribution in [0.3, 0.4) is 0 Å². The molecule has 1 spiro atoms. The lowest BCUT2D eigenvalue weighted by Crippen LogP contribution is -2.54. The van der Waals surface area contributed by atoms with E-state index in [4.69, 9.17) is 4.98 Å². The van der Waals surface area contributed by atoms with Crippen molar-refractivity contribution in [2.45, 2.75) is 45.0 Å². The highest BCUT2D eigenvalue weighted by Gasteiger charge is 2.64. The third kappa shape index (κ3) is 3.09. The molecule has 2 amide bonds. The molecule has 5 nitrogen and oxygen atoms in total. The molecule has 4 aromatic rings. The van der Waals surface area contributed by atoms with Gasteiger partial charge < -0.3 is 0 Å². The van der Waals surface area contributed by atoms with E-state index >= 15 is 0 Å². The Morgan fingerprint density at radius 3 is 2.42 bits per heavy atom. The van der Waals surface area contributed by atoms with Crippen LogP contribution in [0.25, 0.3) is 26.4 Å². The van der Waals surface area contributed by atoms with E-state index in [1.54, 1.807) is 16.2 Å². The van der Waals surface area contributed by atoms with Gasteiger partial charge in [0.25, 0.3) is 5.91 Å². The van der Waals surface area contributed by atoms with Crippen molar-refractivity contribution >= 4 is 62.1 Å². The third-order valence-corrected chi connectivity index (χ3v) is 10.2. The van der Waals surface area contributed by atoms with Crippen LogP contribution in [0, 0.1) is 13.8 Å². The SMILES string of the molecule is CC1=CC(C)(C)N2C(=O)[C@]3(SCC(=O)N3c3ccc(-c4nc5ccc(C)cc5s4)cc3)c3cc(C)cc1c32. The number of benzene rings is 3. The number of fused-ring (bicyclic) bond motifs is 2. The van der Waals surface area contributed by atoms with Crippen molar-refractivity contribution in [3.05, 3.63) is 82.9 Å². The number of anilines is 2. The number of amides is 2. The molecule has 1 aromatic heterocycles. The van der Waals surface area contributed by atoms with Crippen molar-refractivity contribution in [1.29, 1.82) is 0 Å². The Morgan fingerprint density at radius 2 is 1.66 bits per heavy atom. The highest BCUT2D eigenvalue weighted by atomic mass is 32.2. The lowest BCUT2D eigenvalue weighted by atomic mass is 9.88. The van der Waals surface area contributed by atoms with E-state index < -0.39 is 10.4 Å². The predicted molar refractivity (Wildman–Crippen MR) is 158 cm³/mol. The van der Waals surface area contributed by atoms with Crippen molar-refractivity contribution in [2.75, 3.05) is 15.6 Å². The molecular formula is C31H27N3O2S2. The normalized spacial score (nSPS) is 21.6. The Balaban J connectivity index is 1.36. The van der Waals surface area contributed by atoms with Gasteiger partial charge in [-0.15, -0.1) is 23.1 Å². The van der Waals surface area contributed by atoms with E-state index in [1.165, 1.54) is 17.3 Å². The van der Waals surface area contributed by atoms with Crippen LogP contribution in [-0.4, -0.2) is 28.1 Å². The van der Waals surface area contributed by atoms with Crippen LogP contribution in [0.4, 0.5) is 11.4 Å². The smallest absolute Gasteiger partial charge is 0.269 e. The van der Waals surface area contributed by atoms with Gasteiger partial charge in [0.2, 0.25) is 10.8 Å². The Kier molecular flexibility index (Phi) is 4.86. The van der Waals surface area contributed by atoms with Gasteiger partial charge in [-0.25, -0.2) is 4.98 Å². The molecule has 7 heteroatoms. The van der Waals surface area contributed by atoms with E-state index in [-0.39, 0.29) is 17.6 Å². The molecule has 0 N–H and O–H groups in total. The fourth-order valence-corrected chi connectivity index (χ4v) is 8.62. The van der Waals surface area contributed by atoms with Gasteiger partial charge in [0.15, 0.2) is 0 Å². The molecule has 0 bridgehead atoms. The zero-order chi connectivity index (χ0) is 26.6. The van der Waals surface area contributed by atoms with Crippen LogP contribution in [0.5, 0.6) is 0 Å². The molecule has 7 rings (SSSR count). The number of carbonyl (C=O) groups excluding carboxylic acids is 2. The second kappa shape index (κ2) is 7.80. The van der Waals surface area contributed by atoms with Crippen LogP contribution in [-0.2, 0) is 14.5 Å². The number of nitrogens with zero attached hydrogens (tertiary/aromatic N) is 3. The van der Waals surface area contributed by atoms with Crippen LogP contribution < -0.4 is 9.80 Å². The average molecular weight is 538 g/mol. The van der Waals surface area contributed by atoms with Crippen molar-refractivity contribution < 1.29 is 9.59 Å². The minimum atomic E-state index is -1.11. The molecule has 3 aromatic carbocycles. The maximum absolute atomic E-state index is 14.5. The minimum Gasteiger partial charge on any atom is -0.299 e. The third-order valence-electron chi connectivity index (χ3n) is 7.79. The maximum Gasteiger partial charge on any atom is 0.269 e. The van der Waals surface area contributed by atoms with Crippen molar-refractivity contribution in [2.24, 2.45) is 0 Å². The number of rotatable bonds is 2. The second-order valence-corrected chi connectivity index (χ2v) is 13.2. The van der Waals surface area contributed by atoms with E-state index in [0.29, 0.717) is 0 Å². The molecule has 0 radical (unpaired) electrons. The van der Waals surface area contributed by atoms with E-state index in [9.17, 15) is 9.59 Å². The van der Waals surface area contributed by atoms with Gasteiger partial charge >= 0.3 is 0 Å². The van der Waals surface area contributed by atoms with Crippen LogP contribution in [0.1, 0.15) is 43.0 Å². The largest absolute Gasteiger partial charge is 0.299 e. The molecular weight excluding hydrogens is 510 g/mol. The molecule has 3 aliphatic heterocycles. The van der Waals surface area contributed by atoms with Gasteiger partial charge in [-0.3, -0.25) is 19.4 Å². The summed E-state index contributed by atoms with van der Waals surface area (Å²) in [6, 6.07) is 18.5. The molecule has 1 fully saturated rings. The summed E-state index contributed by atoms with van der Waals surface area (Å²) in [4.78, 5) is 35.3. The Bertz CT molecular complexity index is 1730. The fourth-order valence-electron chi connectivity index (χ4n) is 6.23. The minimum absolute atomic E-state index is 0.0467. The Morgan fingerprint density at radius 1 is 0.895 bits per heavy atom. The number of aromatic nitrogens is 1. The van der Waals surface area contributed by atoms with Gasteiger partial charge in [0.1, 0.15) is 5.01 Å². The fraction of sp³-hybridized carbons (Fsp3) is 0.258. The number of thiazole rings is 1. The van der Waals surface area contributed by atoms with E-state index in [0.717, 1.165) is 54.4 Å². The van der Waals surface area contributed by atoms with E-state index in [2.05, 4.69) is 71.0 Å². The van der Waals surface area contributed by atoms with Gasteiger partial charge in [-0.2, -0.15) is 0 Å². The molecule has 3 aliphatic rings. The summed E-state index contributed by atoms with van der Waals surface area (Å²) in [6.07, 6.45) is 2.16. The van der Waals surface area contributed by atoms with Crippen LogP contribution in [0.2, 0.25) is 0 Å². The van der Waals surface area contributed by atoms with E-state index in [1.807, 2.05) is 29.2 Å². The summed E-state index contributed by atoms with van der Waals surface area (Å²) in [5, 5.41) is 0.942. The Labute approximate surface area is 230 Å². The summed E-state index contributed by atoms with van der Waals surface area (Å²) in [5.74, 6) is 0.160. The topological polar surface area (TPSA) is 53.5 Å². The second-order valence-electron chi connectivity index (χ2n) is 11.0. The highest BCUT2D eigenvalue weighted by Crippen LogP contribution is 2.60. The Hall–Kier alpha value is -3.42. The van der Waals surface area contributed by atoms with Gasteiger partial charge in [0.05, 0.1) is 27.2 Å². The lowest BCUT2D eigenvalue weighted by molar-refractivity contribution is -0.124. The standard InChI is InChI=1S/C31H27N3O2S2/c1-17-6-11-24-25(14-17)38-28(32-24)20-7-9-21(10-8-20)33-26(35)16-37-31(33)23-13-18(2)12-22-19(3)15-30(4,5)34(27(22)23)29(31)36/h6-15H,16H2,1-5H3/t31-/m1/s1. The highest BCUT2D eigenvalue weighted by molar-refractivity contribution is 8.02.